The van der Waals surface area contributed by atoms with Gasteiger partial charge in [-0.25, -0.2) is 4.98 Å². The smallest absolute Gasteiger partial charge is 0.197 e. The fraction of sp³-hybridized carbons (Fsp3) is 0.235. The van der Waals surface area contributed by atoms with Gasteiger partial charge < -0.3 is 14.5 Å². The summed E-state index contributed by atoms with van der Waals surface area (Å²) in [6.45, 7) is 2.87. The Kier molecular flexibility index (Phi) is 3.77. The number of rotatable bonds is 5. The van der Waals surface area contributed by atoms with E-state index in [1.165, 1.54) is 5.56 Å². The molecule has 1 heterocycles. The molecule has 4 heteroatoms. The van der Waals surface area contributed by atoms with Gasteiger partial charge in [-0.3, -0.25) is 0 Å². The van der Waals surface area contributed by atoms with Gasteiger partial charge in [0.05, 0.1) is 7.11 Å². The minimum Gasteiger partial charge on any atom is -0.494 e. The van der Waals surface area contributed by atoms with Crippen molar-refractivity contribution in [1.29, 1.82) is 0 Å². The molecule has 2 aromatic carbocycles. The van der Waals surface area contributed by atoms with Crippen molar-refractivity contribution in [3.63, 3.8) is 0 Å². The first-order valence-corrected chi connectivity index (χ1v) is 7.00. The molecule has 0 bridgehead atoms. The molecule has 0 atom stereocenters. The molecule has 0 spiro atoms. The Labute approximate surface area is 123 Å². The lowest BCUT2D eigenvalue weighted by molar-refractivity contribution is 0.419. The number of anilines is 1. The zero-order chi connectivity index (χ0) is 14.7. The van der Waals surface area contributed by atoms with Crippen LogP contribution in [-0.2, 0) is 6.42 Å². The maximum atomic E-state index is 5.75. The molecule has 1 aromatic heterocycles. The van der Waals surface area contributed by atoms with E-state index in [0.717, 1.165) is 41.4 Å². The molecular weight excluding hydrogens is 264 g/mol. The first kappa shape index (κ1) is 13.5. The van der Waals surface area contributed by atoms with E-state index >= 15 is 0 Å². The summed E-state index contributed by atoms with van der Waals surface area (Å²) in [5.41, 5.74) is 3.93. The van der Waals surface area contributed by atoms with Gasteiger partial charge in [-0.2, -0.15) is 0 Å². The number of nitrogens with one attached hydrogen (secondary N) is 1. The van der Waals surface area contributed by atoms with Crippen LogP contribution in [-0.4, -0.2) is 18.6 Å². The number of hydrogen-bond acceptors (Lipinski definition) is 4. The van der Waals surface area contributed by atoms with Crippen LogP contribution < -0.4 is 10.1 Å². The predicted molar refractivity (Wildman–Crippen MR) is 83.9 cm³/mol. The summed E-state index contributed by atoms with van der Waals surface area (Å²) in [7, 11) is 1.64. The first-order chi connectivity index (χ1) is 10.3. The average molecular weight is 282 g/mol. The van der Waals surface area contributed by atoms with Gasteiger partial charge in [-0.1, -0.05) is 24.3 Å². The highest BCUT2D eigenvalue weighted by Gasteiger charge is 2.09. The molecular formula is C17H18N2O2. The van der Waals surface area contributed by atoms with Crippen LogP contribution in [0.15, 0.2) is 46.9 Å². The zero-order valence-electron chi connectivity index (χ0n) is 12.2. The van der Waals surface area contributed by atoms with Crippen LogP contribution in [0.25, 0.3) is 11.1 Å². The second kappa shape index (κ2) is 5.87. The number of methoxy groups -OCH3 is 1. The van der Waals surface area contributed by atoms with Crippen LogP contribution >= 0.6 is 0 Å². The second-order valence-corrected chi connectivity index (χ2v) is 4.91. The van der Waals surface area contributed by atoms with E-state index in [0.29, 0.717) is 0 Å². The SMILES string of the molecule is COc1cccc2oc(CCNc3ccccc3C)nc12. The standard InChI is InChI=1S/C17H18N2O2/c1-12-6-3-4-7-13(12)18-11-10-16-19-17-14(20-2)8-5-9-15(17)21-16/h3-9,18H,10-11H2,1-2H3. The predicted octanol–water partition coefficient (Wildman–Crippen LogP) is 3.80. The molecule has 0 saturated heterocycles. The maximum Gasteiger partial charge on any atom is 0.197 e. The largest absolute Gasteiger partial charge is 0.494 e. The molecule has 4 nitrogen and oxygen atoms in total. The molecule has 0 radical (unpaired) electrons. The van der Waals surface area contributed by atoms with Gasteiger partial charge in [0.25, 0.3) is 0 Å². The lowest BCUT2D eigenvalue weighted by Crippen LogP contribution is -2.06. The van der Waals surface area contributed by atoms with Crippen LogP contribution in [0.1, 0.15) is 11.5 Å². The summed E-state index contributed by atoms with van der Waals surface area (Å²) in [4.78, 5) is 4.51. The van der Waals surface area contributed by atoms with Gasteiger partial charge in [0.15, 0.2) is 17.0 Å². The van der Waals surface area contributed by atoms with Crippen molar-refractivity contribution in [2.24, 2.45) is 0 Å². The molecule has 0 saturated carbocycles. The van der Waals surface area contributed by atoms with Gasteiger partial charge in [0.2, 0.25) is 0 Å². The Hall–Kier alpha value is -2.49. The quantitative estimate of drug-likeness (QED) is 0.773. The number of benzene rings is 2. The molecule has 0 fully saturated rings. The van der Waals surface area contributed by atoms with E-state index in [2.05, 4.69) is 29.4 Å². The number of para-hydroxylation sites is 2. The molecule has 0 aliphatic rings. The summed E-state index contributed by atoms with van der Waals surface area (Å²) < 4.78 is 11.0. The topological polar surface area (TPSA) is 47.3 Å². The Morgan fingerprint density at radius 3 is 2.81 bits per heavy atom. The summed E-state index contributed by atoms with van der Waals surface area (Å²) in [6, 6.07) is 13.9. The third kappa shape index (κ3) is 2.84. The number of aromatic nitrogens is 1. The fourth-order valence-electron chi connectivity index (χ4n) is 2.32. The zero-order valence-corrected chi connectivity index (χ0v) is 12.2. The highest BCUT2D eigenvalue weighted by Crippen LogP contribution is 2.25. The normalized spacial score (nSPS) is 10.8. The number of fused-ring (bicyclic) bond motifs is 1. The highest BCUT2D eigenvalue weighted by molar-refractivity contribution is 5.79. The van der Waals surface area contributed by atoms with Crippen LogP contribution in [0.2, 0.25) is 0 Å². The van der Waals surface area contributed by atoms with Crippen molar-refractivity contribution < 1.29 is 9.15 Å². The molecule has 0 amide bonds. The minimum absolute atomic E-state index is 0.718. The van der Waals surface area contributed by atoms with Crippen molar-refractivity contribution in [2.75, 3.05) is 19.0 Å². The maximum absolute atomic E-state index is 5.75. The van der Waals surface area contributed by atoms with Gasteiger partial charge in [0, 0.05) is 18.7 Å². The number of aryl methyl sites for hydroxylation is 1. The Morgan fingerprint density at radius 1 is 1.14 bits per heavy atom. The first-order valence-electron chi connectivity index (χ1n) is 7.00. The molecule has 0 unspecified atom stereocenters. The number of oxazole rings is 1. The van der Waals surface area contributed by atoms with E-state index in [4.69, 9.17) is 9.15 Å². The minimum atomic E-state index is 0.718. The Balaban J connectivity index is 1.70. The lowest BCUT2D eigenvalue weighted by Gasteiger charge is -2.07. The molecule has 21 heavy (non-hydrogen) atoms. The third-order valence-electron chi connectivity index (χ3n) is 3.45. The van der Waals surface area contributed by atoms with E-state index in [1.807, 2.05) is 30.3 Å². The van der Waals surface area contributed by atoms with E-state index < -0.39 is 0 Å². The third-order valence-corrected chi connectivity index (χ3v) is 3.45. The summed E-state index contributed by atoms with van der Waals surface area (Å²) in [6.07, 6.45) is 0.728. The van der Waals surface area contributed by atoms with E-state index in [-0.39, 0.29) is 0 Å². The molecule has 3 rings (SSSR count). The van der Waals surface area contributed by atoms with Gasteiger partial charge >= 0.3 is 0 Å². The monoisotopic (exact) mass is 282 g/mol. The van der Waals surface area contributed by atoms with Crippen molar-refractivity contribution >= 4 is 16.8 Å². The van der Waals surface area contributed by atoms with Crippen LogP contribution in [0, 0.1) is 6.92 Å². The lowest BCUT2D eigenvalue weighted by atomic mass is 10.2. The van der Waals surface area contributed by atoms with Crippen LogP contribution in [0.5, 0.6) is 5.75 Å². The Bertz CT molecular complexity index is 749. The average Bonchev–Trinajstić information content (AvgIpc) is 2.92. The van der Waals surface area contributed by atoms with Crippen molar-refractivity contribution in [3.8, 4) is 5.75 Å². The molecule has 1 N–H and O–H groups in total. The summed E-state index contributed by atoms with van der Waals surface area (Å²) in [5.74, 6) is 1.46. The molecule has 108 valence electrons. The van der Waals surface area contributed by atoms with Gasteiger partial charge in [-0.15, -0.1) is 0 Å². The number of hydrogen-bond donors (Lipinski definition) is 1. The fourth-order valence-corrected chi connectivity index (χ4v) is 2.32. The molecule has 3 aromatic rings. The van der Waals surface area contributed by atoms with Crippen molar-refractivity contribution in [2.45, 2.75) is 13.3 Å². The van der Waals surface area contributed by atoms with Gasteiger partial charge in [0.1, 0.15) is 5.75 Å². The Morgan fingerprint density at radius 2 is 2.00 bits per heavy atom. The van der Waals surface area contributed by atoms with Crippen LogP contribution in [0.3, 0.4) is 0 Å². The van der Waals surface area contributed by atoms with E-state index in [9.17, 15) is 0 Å². The summed E-state index contributed by atoms with van der Waals surface area (Å²) >= 11 is 0. The molecule has 0 aliphatic carbocycles. The van der Waals surface area contributed by atoms with E-state index in [1.54, 1.807) is 7.11 Å². The second-order valence-electron chi connectivity index (χ2n) is 4.91. The number of ether oxygens (including phenoxy) is 1. The summed E-state index contributed by atoms with van der Waals surface area (Å²) in [5, 5.41) is 3.40. The van der Waals surface area contributed by atoms with Crippen molar-refractivity contribution in [3.05, 3.63) is 53.9 Å². The van der Waals surface area contributed by atoms with Crippen molar-refractivity contribution in [1.82, 2.24) is 4.98 Å². The van der Waals surface area contributed by atoms with Crippen LogP contribution in [0.4, 0.5) is 5.69 Å². The molecule has 0 aliphatic heterocycles. The number of nitrogens with zero attached hydrogens (tertiary/aromatic N) is 1. The highest BCUT2D eigenvalue weighted by atomic mass is 16.5. The van der Waals surface area contributed by atoms with Gasteiger partial charge in [-0.05, 0) is 30.7 Å².